The molecule has 7 heteroatoms. The third kappa shape index (κ3) is 3.39. The highest BCUT2D eigenvalue weighted by atomic mass is 19.1. The van der Waals surface area contributed by atoms with Gasteiger partial charge in [-0.25, -0.2) is 4.39 Å². The van der Waals surface area contributed by atoms with Crippen molar-refractivity contribution in [1.82, 2.24) is 15.5 Å². The molecule has 0 saturated carbocycles. The van der Waals surface area contributed by atoms with E-state index in [1.165, 1.54) is 6.07 Å². The zero-order valence-corrected chi connectivity index (χ0v) is 14.6. The van der Waals surface area contributed by atoms with Crippen LogP contribution in [0.1, 0.15) is 32.1 Å². The fraction of sp³-hybridized carbons (Fsp3) is 0.556. The maximum atomic E-state index is 14.6. The second kappa shape index (κ2) is 6.38. The minimum absolute atomic E-state index is 0.0746. The molecule has 2 saturated heterocycles. The van der Waals surface area contributed by atoms with Crippen molar-refractivity contribution < 1.29 is 13.7 Å². The van der Waals surface area contributed by atoms with Gasteiger partial charge in [0.2, 0.25) is 11.7 Å². The second-order valence-corrected chi connectivity index (χ2v) is 7.39. The smallest absolute Gasteiger partial charge is 0.231 e. The van der Waals surface area contributed by atoms with Crippen LogP contribution in [0.4, 0.5) is 10.1 Å². The van der Waals surface area contributed by atoms with Crippen LogP contribution < -0.4 is 10.2 Å². The van der Waals surface area contributed by atoms with Crippen LogP contribution in [0.25, 0.3) is 11.4 Å². The van der Waals surface area contributed by atoms with Crippen molar-refractivity contribution >= 4 is 5.69 Å². The van der Waals surface area contributed by atoms with Crippen molar-refractivity contribution in [3.05, 3.63) is 29.9 Å². The van der Waals surface area contributed by atoms with Crippen molar-refractivity contribution in [2.45, 2.75) is 31.7 Å². The summed E-state index contributed by atoms with van der Waals surface area (Å²) in [5.41, 5.74) is 1.30. The number of morpholine rings is 1. The first-order valence-corrected chi connectivity index (χ1v) is 8.73. The number of halogens is 1. The van der Waals surface area contributed by atoms with E-state index >= 15 is 0 Å². The molecule has 3 heterocycles. The second-order valence-electron chi connectivity index (χ2n) is 7.39. The number of nitrogens with one attached hydrogen (secondary N) is 1. The van der Waals surface area contributed by atoms with Gasteiger partial charge in [0.05, 0.1) is 24.8 Å². The Morgan fingerprint density at radius 3 is 2.76 bits per heavy atom. The summed E-state index contributed by atoms with van der Waals surface area (Å²) in [4.78, 5) is 6.49. The highest BCUT2D eigenvalue weighted by Crippen LogP contribution is 2.32. The van der Waals surface area contributed by atoms with Crippen LogP contribution in [0.5, 0.6) is 0 Å². The van der Waals surface area contributed by atoms with Crippen LogP contribution in [0, 0.1) is 5.82 Å². The number of hydrogen-bond donors (Lipinski definition) is 1. The number of ether oxygens (including phenoxy) is 1. The van der Waals surface area contributed by atoms with Gasteiger partial charge in [0.1, 0.15) is 5.82 Å². The number of rotatable bonds is 3. The first-order valence-electron chi connectivity index (χ1n) is 8.73. The van der Waals surface area contributed by atoms with E-state index in [0.29, 0.717) is 49.3 Å². The maximum absolute atomic E-state index is 14.6. The molecule has 1 atom stereocenters. The Labute approximate surface area is 146 Å². The molecule has 0 amide bonds. The SMILES string of the molecule is CC1(C)CC(c2nc(-c3ccc(N4CCOCC4)c(F)c3)no2)CN1. The fourth-order valence-corrected chi connectivity index (χ4v) is 3.56. The number of hydrogen-bond acceptors (Lipinski definition) is 6. The molecule has 1 unspecified atom stereocenters. The molecule has 0 radical (unpaired) electrons. The van der Waals surface area contributed by atoms with E-state index in [9.17, 15) is 4.39 Å². The molecule has 1 N–H and O–H groups in total. The monoisotopic (exact) mass is 346 g/mol. The van der Waals surface area contributed by atoms with E-state index in [4.69, 9.17) is 9.26 Å². The van der Waals surface area contributed by atoms with Crippen molar-refractivity contribution in [2.24, 2.45) is 0 Å². The molecule has 134 valence electrons. The van der Waals surface area contributed by atoms with Crippen molar-refractivity contribution in [1.29, 1.82) is 0 Å². The Hall–Kier alpha value is -1.99. The molecular formula is C18H23FN4O2. The van der Waals surface area contributed by atoms with E-state index < -0.39 is 0 Å². The fourth-order valence-electron chi connectivity index (χ4n) is 3.56. The van der Waals surface area contributed by atoms with Crippen molar-refractivity contribution in [3.63, 3.8) is 0 Å². The molecule has 1 aromatic heterocycles. The quantitative estimate of drug-likeness (QED) is 0.922. The largest absolute Gasteiger partial charge is 0.378 e. The average Bonchev–Trinajstić information content (AvgIpc) is 3.22. The molecule has 1 aromatic carbocycles. The number of nitrogens with zero attached hydrogens (tertiary/aromatic N) is 3. The van der Waals surface area contributed by atoms with Gasteiger partial charge in [0, 0.05) is 30.7 Å². The zero-order valence-electron chi connectivity index (χ0n) is 14.6. The van der Waals surface area contributed by atoms with E-state index in [1.807, 2.05) is 11.0 Å². The molecule has 2 aliphatic heterocycles. The van der Waals surface area contributed by atoms with Crippen LogP contribution in [-0.4, -0.2) is 48.5 Å². The van der Waals surface area contributed by atoms with E-state index in [1.54, 1.807) is 6.07 Å². The van der Waals surface area contributed by atoms with Crippen molar-refractivity contribution in [2.75, 3.05) is 37.7 Å². The normalized spacial score (nSPS) is 23.2. The Morgan fingerprint density at radius 2 is 2.08 bits per heavy atom. The summed E-state index contributed by atoms with van der Waals surface area (Å²) in [7, 11) is 0. The van der Waals surface area contributed by atoms with Gasteiger partial charge in [0.25, 0.3) is 0 Å². The van der Waals surface area contributed by atoms with Crippen molar-refractivity contribution in [3.8, 4) is 11.4 Å². The lowest BCUT2D eigenvalue weighted by Crippen LogP contribution is -2.36. The van der Waals surface area contributed by atoms with E-state index in [2.05, 4.69) is 29.3 Å². The number of aromatic nitrogens is 2. The maximum Gasteiger partial charge on any atom is 0.231 e. The molecule has 25 heavy (non-hydrogen) atoms. The molecule has 0 spiro atoms. The van der Waals surface area contributed by atoms with Gasteiger partial charge in [-0.05, 0) is 38.5 Å². The Kier molecular flexibility index (Phi) is 4.21. The van der Waals surface area contributed by atoms with Gasteiger partial charge in [-0.15, -0.1) is 0 Å². The lowest BCUT2D eigenvalue weighted by atomic mass is 9.97. The Balaban J connectivity index is 1.53. The van der Waals surface area contributed by atoms with Crippen LogP contribution in [0.15, 0.2) is 22.7 Å². The Bertz CT molecular complexity index is 755. The summed E-state index contributed by atoms with van der Waals surface area (Å²) in [6.07, 6.45) is 0.943. The first kappa shape index (κ1) is 16.5. The van der Waals surface area contributed by atoms with Gasteiger partial charge in [-0.1, -0.05) is 5.16 Å². The lowest BCUT2D eigenvalue weighted by Gasteiger charge is -2.29. The van der Waals surface area contributed by atoms with Gasteiger partial charge in [-0.3, -0.25) is 0 Å². The first-order chi connectivity index (χ1) is 12.0. The van der Waals surface area contributed by atoms with Crippen LogP contribution in [0.3, 0.4) is 0 Å². The summed E-state index contributed by atoms with van der Waals surface area (Å²) in [5, 5.41) is 7.49. The molecular weight excluding hydrogens is 323 g/mol. The summed E-state index contributed by atoms with van der Waals surface area (Å²) < 4.78 is 25.3. The molecule has 2 aromatic rings. The van der Waals surface area contributed by atoms with Gasteiger partial charge in [0.15, 0.2) is 0 Å². The van der Waals surface area contributed by atoms with Gasteiger partial charge >= 0.3 is 0 Å². The lowest BCUT2D eigenvalue weighted by molar-refractivity contribution is 0.122. The van der Waals surface area contributed by atoms with Gasteiger partial charge in [-0.2, -0.15) is 4.98 Å². The predicted molar refractivity (Wildman–Crippen MR) is 92.2 cm³/mol. The predicted octanol–water partition coefficient (Wildman–Crippen LogP) is 2.57. The van der Waals surface area contributed by atoms with Crippen LogP contribution >= 0.6 is 0 Å². The third-order valence-electron chi connectivity index (χ3n) is 4.93. The molecule has 4 rings (SSSR count). The van der Waals surface area contributed by atoms with E-state index in [-0.39, 0.29) is 17.3 Å². The van der Waals surface area contributed by atoms with Crippen LogP contribution in [0.2, 0.25) is 0 Å². The molecule has 0 bridgehead atoms. The molecule has 2 fully saturated rings. The summed E-state index contributed by atoms with van der Waals surface area (Å²) >= 11 is 0. The number of benzene rings is 1. The van der Waals surface area contributed by atoms with E-state index in [0.717, 1.165) is 13.0 Å². The highest BCUT2D eigenvalue weighted by Gasteiger charge is 2.34. The topological polar surface area (TPSA) is 63.4 Å². The molecule has 2 aliphatic rings. The molecule has 6 nitrogen and oxygen atoms in total. The minimum Gasteiger partial charge on any atom is -0.378 e. The Morgan fingerprint density at radius 1 is 1.28 bits per heavy atom. The third-order valence-corrected chi connectivity index (χ3v) is 4.93. The van der Waals surface area contributed by atoms with Gasteiger partial charge < -0.3 is 19.5 Å². The summed E-state index contributed by atoms with van der Waals surface area (Å²) in [6, 6.07) is 5.11. The average molecular weight is 346 g/mol. The summed E-state index contributed by atoms with van der Waals surface area (Å²) in [6.45, 7) is 7.79. The number of anilines is 1. The minimum atomic E-state index is -0.269. The highest BCUT2D eigenvalue weighted by molar-refractivity contribution is 5.61. The summed E-state index contributed by atoms with van der Waals surface area (Å²) in [5.74, 6) is 0.987. The molecule has 0 aliphatic carbocycles. The standard InChI is InChI=1S/C18H23FN4O2/c1-18(2)10-13(11-20-18)17-21-16(22-25-17)12-3-4-15(14(19)9-12)23-5-7-24-8-6-23/h3-4,9,13,20H,5-8,10-11H2,1-2H3. The van der Waals surface area contributed by atoms with Crippen LogP contribution in [-0.2, 0) is 4.74 Å². The zero-order chi connectivity index (χ0) is 17.4.